The van der Waals surface area contributed by atoms with Gasteiger partial charge in [0, 0.05) is 33.0 Å². The monoisotopic (exact) mass is 481 g/mol. The van der Waals surface area contributed by atoms with Crippen molar-refractivity contribution in [2.75, 3.05) is 20.1 Å². The smallest absolute Gasteiger partial charge is 0.276 e. The van der Waals surface area contributed by atoms with Crippen molar-refractivity contribution in [1.82, 2.24) is 14.9 Å². The lowest BCUT2D eigenvalue weighted by Crippen LogP contribution is -2.51. The highest BCUT2D eigenvalue weighted by atomic mass is 32.2. The maximum atomic E-state index is 13.0. The molecule has 33 heavy (non-hydrogen) atoms. The van der Waals surface area contributed by atoms with Crippen LogP contribution in [0.15, 0.2) is 58.2 Å². The third-order valence-electron chi connectivity index (χ3n) is 4.92. The quantitative estimate of drug-likeness (QED) is 0.321. The molecule has 2 amide bonds. The number of carbonyl (C=O) groups excluding carboxylic acids is 2. The highest BCUT2D eigenvalue weighted by Crippen LogP contribution is 2.18. The largest absolute Gasteiger partial charge is 0.452 e. The Morgan fingerprint density at radius 3 is 2.27 bits per heavy atom. The molecule has 1 heterocycles. The Morgan fingerprint density at radius 2 is 1.70 bits per heavy atom. The summed E-state index contributed by atoms with van der Waals surface area (Å²) in [5.41, 5.74) is 0.823. The fraction of sp³-hybridized carbons (Fsp3) is 0.455. The van der Waals surface area contributed by atoms with Crippen LogP contribution in [0.1, 0.15) is 25.3 Å². The van der Waals surface area contributed by atoms with Gasteiger partial charge in [0.05, 0.1) is 24.5 Å². The lowest BCUT2D eigenvalue weighted by molar-refractivity contribution is -0.127. The minimum atomic E-state index is -4.13. The van der Waals surface area contributed by atoms with Gasteiger partial charge in [-0.2, -0.15) is 4.31 Å². The van der Waals surface area contributed by atoms with Crippen LogP contribution < -0.4 is 10.6 Å². The number of sulfonamides is 1. The standard InChI is InChI=1S/C22H31N3O7S/c1-16(26)14-25(33(30,31)22-9-6-12-32-22)15-19(27)18(13-17-7-4-3-5-8-17)24-21(29)11-10-20(28)23-2/h3-9,12,16,18-19,26-27H,10-11,13-15H2,1-2H3,(H,23,28)(H,24,29)/t16-,18-,19+/m0/s1. The highest BCUT2D eigenvalue weighted by Gasteiger charge is 2.33. The van der Waals surface area contributed by atoms with Gasteiger partial charge in [0.25, 0.3) is 10.0 Å². The molecule has 0 unspecified atom stereocenters. The first-order chi connectivity index (χ1) is 15.6. The van der Waals surface area contributed by atoms with Crippen molar-refractivity contribution < 1.29 is 32.6 Å². The number of hydrogen-bond acceptors (Lipinski definition) is 7. The molecule has 0 bridgehead atoms. The Labute approximate surface area is 193 Å². The summed E-state index contributed by atoms with van der Waals surface area (Å²) in [4.78, 5) is 23.9. The summed E-state index contributed by atoms with van der Waals surface area (Å²) in [5, 5.41) is 25.6. The first-order valence-electron chi connectivity index (χ1n) is 10.6. The number of furan rings is 1. The Bertz CT molecular complexity index is 979. The molecule has 3 atom stereocenters. The van der Waals surface area contributed by atoms with Crippen molar-refractivity contribution >= 4 is 21.8 Å². The van der Waals surface area contributed by atoms with E-state index < -0.39 is 34.2 Å². The SMILES string of the molecule is CNC(=O)CCC(=O)N[C@@H](Cc1ccccc1)[C@H](O)CN(C[C@H](C)O)S(=O)(=O)c1ccco1. The first kappa shape index (κ1) is 26.5. The first-order valence-corrected chi connectivity index (χ1v) is 12.0. The Morgan fingerprint density at radius 1 is 1.03 bits per heavy atom. The molecule has 4 N–H and O–H groups in total. The van der Waals surface area contributed by atoms with Gasteiger partial charge in [-0.05, 0) is 31.0 Å². The zero-order valence-corrected chi connectivity index (χ0v) is 19.5. The normalized spacial score (nSPS) is 14.5. The molecule has 11 heteroatoms. The van der Waals surface area contributed by atoms with Gasteiger partial charge in [0.2, 0.25) is 16.9 Å². The van der Waals surface area contributed by atoms with Gasteiger partial charge in [0.15, 0.2) is 0 Å². The predicted octanol–water partition coefficient (Wildman–Crippen LogP) is 0.266. The topological polar surface area (TPSA) is 149 Å². The van der Waals surface area contributed by atoms with Crippen LogP contribution in [0.25, 0.3) is 0 Å². The van der Waals surface area contributed by atoms with Crippen LogP contribution in [0.2, 0.25) is 0 Å². The van der Waals surface area contributed by atoms with Gasteiger partial charge in [-0.3, -0.25) is 9.59 Å². The third kappa shape index (κ3) is 8.28. The van der Waals surface area contributed by atoms with Crippen molar-refractivity contribution in [3.05, 3.63) is 54.3 Å². The average molecular weight is 482 g/mol. The summed E-state index contributed by atoms with van der Waals surface area (Å²) in [6.07, 6.45) is -0.961. The van der Waals surface area contributed by atoms with E-state index in [9.17, 15) is 28.2 Å². The van der Waals surface area contributed by atoms with Gasteiger partial charge in [0.1, 0.15) is 0 Å². The fourth-order valence-electron chi connectivity index (χ4n) is 3.22. The van der Waals surface area contributed by atoms with Crippen molar-refractivity contribution in [3.63, 3.8) is 0 Å². The molecule has 0 saturated carbocycles. The molecular weight excluding hydrogens is 450 g/mol. The van der Waals surface area contributed by atoms with E-state index in [4.69, 9.17) is 4.42 Å². The van der Waals surface area contributed by atoms with Gasteiger partial charge in [-0.1, -0.05) is 30.3 Å². The lowest BCUT2D eigenvalue weighted by Gasteiger charge is -2.30. The van der Waals surface area contributed by atoms with E-state index in [0.717, 1.165) is 9.87 Å². The van der Waals surface area contributed by atoms with E-state index in [-0.39, 0.29) is 43.4 Å². The number of amides is 2. The molecule has 0 fully saturated rings. The van der Waals surface area contributed by atoms with Gasteiger partial charge in [-0.25, -0.2) is 8.42 Å². The van der Waals surface area contributed by atoms with E-state index in [1.54, 1.807) is 0 Å². The second kappa shape index (κ2) is 12.5. The maximum Gasteiger partial charge on any atom is 0.276 e. The number of hydrogen-bond donors (Lipinski definition) is 4. The molecule has 2 aromatic rings. The van der Waals surface area contributed by atoms with Crippen LogP contribution in [0.3, 0.4) is 0 Å². The van der Waals surface area contributed by atoms with Crippen molar-refractivity contribution in [2.24, 2.45) is 0 Å². The molecule has 1 aromatic carbocycles. The average Bonchev–Trinajstić information content (AvgIpc) is 3.33. The second-order valence-corrected chi connectivity index (χ2v) is 9.58. The molecule has 10 nitrogen and oxygen atoms in total. The Kier molecular flexibility index (Phi) is 10.0. The predicted molar refractivity (Wildman–Crippen MR) is 121 cm³/mol. The van der Waals surface area contributed by atoms with Crippen molar-refractivity contribution in [1.29, 1.82) is 0 Å². The summed E-state index contributed by atoms with van der Waals surface area (Å²) < 4.78 is 31.9. The molecule has 0 aliphatic carbocycles. The number of nitrogens with one attached hydrogen (secondary N) is 2. The van der Waals surface area contributed by atoms with Crippen LogP contribution in [0.4, 0.5) is 0 Å². The molecule has 0 spiro atoms. The molecule has 182 valence electrons. The number of benzene rings is 1. The van der Waals surface area contributed by atoms with Crippen LogP contribution in [-0.2, 0) is 26.0 Å². The summed E-state index contributed by atoms with van der Waals surface area (Å²) >= 11 is 0. The number of carbonyl (C=O) groups is 2. The highest BCUT2D eigenvalue weighted by molar-refractivity contribution is 7.89. The summed E-state index contributed by atoms with van der Waals surface area (Å²) in [5.74, 6) is -0.743. The van der Waals surface area contributed by atoms with Crippen LogP contribution in [0, 0.1) is 0 Å². The van der Waals surface area contributed by atoms with E-state index >= 15 is 0 Å². The molecule has 0 saturated heterocycles. The minimum absolute atomic E-state index is 0.0164. The minimum Gasteiger partial charge on any atom is -0.452 e. The number of aliphatic hydroxyl groups excluding tert-OH is 2. The molecule has 0 radical (unpaired) electrons. The van der Waals surface area contributed by atoms with Gasteiger partial charge >= 0.3 is 0 Å². The van der Waals surface area contributed by atoms with E-state index in [1.165, 1.54) is 32.4 Å². The van der Waals surface area contributed by atoms with E-state index in [1.807, 2.05) is 30.3 Å². The van der Waals surface area contributed by atoms with Gasteiger partial charge in [-0.15, -0.1) is 0 Å². The zero-order valence-electron chi connectivity index (χ0n) is 18.7. The molecular formula is C22H31N3O7S. The van der Waals surface area contributed by atoms with Crippen LogP contribution in [0.5, 0.6) is 0 Å². The summed E-state index contributed by atoms with van der Waals surface area (Å²) in [6, 6.07) is 11.0. The molecule has 0 aliphatic heterocycles. The summed E-state index contributed by atoms with van der Waals surface area (Å²) in [6.45, 7) is 0.767. The maximum absolute atomic E-state index is 13.0. The second-order valence-electron chi connectivity index (χ2n) is 7.71. The van der Waals surface area contributed by atoms with Crippen LogP contribution >= 0.6 is 0 Å². The molecule has 2 rings (SSSR count). The van der Waals surface area contributed by atoms with Crippen LogP contribution in [-0.4, -0.2) is 73.1 Å². The molecule has 0 aliphatic rings. The molecule has 1 aromatic heterocycles. The van der Waals surface area contributed by atoms with Gasteiger partial charge < -0.3 is 25.3 Å². The van der Waals surface area contributed by atoms with Crippen molar-refractivity contribution in [3.8, 4) is 0 Å². The van der Waals surface area contributed by atoms with E-state index in [0.29, 0.717) is 0 Å². The Hall–Kier alpha value is -2.73. The number of aliphatic hydroxyl groups is 2. The fourth-order valence-corrected chi connectivity index (χ4v) is 4.66. The summed E-state index contributed by atoms with van der Waals surface area (Å²) in [7, 11) is -2.66. The Balaban J connectivity index is 2.21. The zero-order chi connectivity index (χ0) is 24.4. The number of nitrogens with zero attached hydrogens (tertiary/aromatic N) is 1. The van der Waals surface area contributed by atoms with Crippen molar-refractivity contribution in [2.45, 2.75) is 49.5 Å². The third-order valence-corrected chi connectivity index (χ3v) is 6.63. The van der Waals surface area contributed by atoms with E-state index in [2.05, 4.69) is 10.6 Å². The number of rotatable bonds is 13. The lowest BCUT2D eigenvalue weighted by atomic mass is 10.0.